The Morgan fingerprint density at radius 1 is 1.00 bits per heavy atom. The molecule has 25 heavy (non-hydrogen) atoms. The van der Waals surface area contributed by atoms with E-state index in [1.807, 2.05) is 0 Å². The number of carbonyl (C=O) groups is 1. The van der Waals surface area contributed by atoms with Crippen molar-refractivity contribution >= 4 is 11.6 Å². The highest BCUT2D eigenvalue weighted by Gasteiger charge is 2.11. The van der Waals surface area contributed by atoms with E-state index < -0.39 is 17.5 Å². The summed E-state index contributed by atoms with van der Waals surface area (Å²) >= 11 is 0. The summed E-state index contributed by atoms with van der Waals surface area (Å²) in [4.78, 5) is 24.3. The zero-order valence-electron chi connectivity index (χ0n) is 13.1. The molecule has 0 saturated carbocycles. The molecule has 1 N–H and O–H groups in total. The van der Waals surface area contributed by atoms with Crippen LogP contribution in [0, 0.1) is 11.6 Å². The molecule has 126 valence electrons. The van der Waals surface area contributed by atoms with Crippen molar-refractivity contribution in [1.29, 1.82) is 0 Å². The predicted octanol–water partition coefficient (Wildman–Crippen LogP) is 3.43. The molecule has 1 amide bonds. The number of anilines is 1. The molecule has 0 fully saturated rings. The van der Waals surface area contributed by atoms with Gasteiger partial charge in [-0.05, 0) is 35.9 Å². The van der Waals surface area contributed by atoms with Crippen molar-refractivity contribution in [2.75, 3.05) is 5.32 Å². The number of carbonyl (C=O) groups excluding carboxylic acids is 1. The molecule has 1 aromatic heterocycles. The first-order chi connectivity index (χ1) is 12.0. The van der Waals surface area contributed by atoms with Crippen LogP contribution < -0.4 is 10.9 Å². The van der Waals surface area contributed by atoms with Gasteiger partial charge in [0.2, 0.25) is 0 Å². The van der Waals surface area contributed by atoms with Crippen molar-refractivity contribution in [1.82, 2.24) is 4.57 Å². The van der Waals surface area contributed by atoms with Gasteiger partial charge >= 0.3 is 0 Å². The van der Waals surface area contributed by atoms with Crippen molar-refractivity contribution in [3.63, 3.8) is 0 Å². The van der Waals surface area contributed by atoms with Crippen LogP contribution in [0.15, 0.2) is 71.7 Å². The van der Waals surface area contributed by atoms with Gasteiger partial charge in [0, 0.05) is 12.3 Å². The number of amides is 1. The van der Waals surface area contributed by atoms with E-state index in [1.54, 1.807) is 18.2 Å². The summed E-state index contributed by atoms with van der Waals surface area (Å²) in [6, 6.07) is 14.3. The van der Waals surface area contributed by atoms with Gasteiger partial charge in [-0.2, -0.15) is 0 Å². The summed E-state index contributed by atoms with van der Waals surface area (Å²) in [5.74, 6) is -1.50. The van der Waals surface area contributed by atoms with Crippen LogP contribution in [-0.2, 0) is 6.54 Å². The van der Waals surface area contributed by atoms with Gasteiger partial charge < -0.3 is 9.88 Å². The molecule has 3 rings (SSSR count). The fraction of sp³-hybridized carbons (Fsp3) is 0.0526. The highest BCUT2D eigenvalue weighted by Crippen LogP contribution is 2.14. The average molecular weight is 340 g/mol. The first kappa shape index (κ1) is 16.6. The lowest BCUT2D eigenvalue weighted by Crippen LogP contribution is -2.22. The lowest BCUT2D eigenvalue weighted by Gasteiger charge is -2.10. The number of nitrogens with zero attached hydrogens (tertiary/aromatic N) is 1. The zero-order valence-corrected chi connectivity index (χ0v) is 13.1. The third kappa shape index (κ3) is 3.98. The highest BCUT2D eigenvalue weighted by atomic mass is 19.1. The molecule has 6 heteroatoms. The fourth-order valence-electron chi connectivity index (χ4n) is 2.38. The van der Waals surface area contributed by atoms with Crippen LogP contribution in [0.3, 0.4) is 0 Å². The molecule has 0 aliphatic carbocycles. The third-order valence-corrected chi connectivity index (χ3v) is 3.61. The van der Waals surface area contributed by atoms with Gasteiger partial charge in [0.05, 0.1) is 17.8 Å². The van der Waals surface area contributed by atoms with Gasteiger partial charge in [-0.3, -0.25) is 9.59 Å². The van der Waals surface area contributed by atoms with E-state index in [4.69, 9.17) is 0 Å². The van der Waals surface area contributed by atoms with Crippen LogP contribution in [0.2, 0.25) is 0 Å². The van der Waals surface area contributed by atoms with Crippen molar-refractivity contribution in [3.05, 3.63) is 100.0 Å². The van der Waals surface area contributed by atoms with Gasteiger partial charge in [-0.25, -0.2) is 8.78 Å². The minimum Gasteiger partial charge on any atom is -0.319 e. The van der Waals surface area contributed by atoms with Crippen molar-refractivity contribution in [2.24, 2.45) is 0 Å². The quantitative estimate of drug-likeness (QED) is 0.791. The van der Waals surface area contributed by atoms with Crippen molar-refractivity contribution < 1.29 is 13.6 Å². The monoisotopic (exact) mass is 340 g/mol. The Morgan fingerprint density at radius 2 is 1.80 bits per heavy atom. The topological polar surface area (TPSA) is 51.1 Å². The number of pyridine rings is 1. The molecule has 3 aromatic rings. The Kier molecular flexibility index (Phi) is 4.70. The summed E-state index contributed by atoms with van der Waals surface area (Å²) in [5, 5.41) is 2.46. The second kappa shape index (κ2) is 7.09. The van der Waals surface area contributed by atoms with Crippen molar-refractivity contribution in [2.45, 2.75) is 6.54 Å². The summed E-state index contributed by atoms with van der Waals surface area (Å²) < 4.78 is 28.2. The SMILES string of the molecule is O=C(Nc1ccccc1F)c1ccc(=O)n(Cc2cccc(F)c2)c1. The number of hydrogen-bond donors (Lipinski definition) is 1. The van der Waals surface area contributed by atoms with Crippen LogP contribution in [0.1, 0.15) is 15.9 Å². The molecule has 2 aromatic carbocycles. The van der Waals surface area contributed by atoms with Crippen LogP contribution in [0.5, 0.6) is 0 Å². The summed E-state index contributed by atoms with van der Waals surface area (Å²) in [5.41, 5.74) is 0.509. The molecule has 1 heterocycles. The summed E-state index contributed by atoms with van der Waals surface area (Å²) in [6.07, 6.45) is 1.36. The maximum atomic E-state index is 13.6. The molecule has 0 bridgehead atoms. The van der Waals surface area contributed by atoms with E-state index in [1.165, 1.54) is 53.2 Å². The van der Waals surface area contributed by atoms with Gasteiger partial charge in [0.15, 0.2) is 0 Å². The Hall–Kier alpha value is -3.28. The van der Waals surface area contributed by atoms with Gasteiger partial charge in [-0.1, -0.05) is 24.3 Å². The molecule has 0 aliphatic heterocycles. The van der Waals surface area contributed by atoms with Gasteiger partial charge in [0.25, 0.3) is 11.5 Å². The average Bonchev–Trinajstić information content (AvgIpc) is 2.59. The molecule has 0 unspecified atom stereocenters. The van der Waals surface area contributed by atoms with Gasteiger partial charge in [0.1, 0.15) is 11.6 Å². The van der Waals surface area contributed by atoms with Gasteiger partial charge in [-0.15, -0.1) is 0 Å². The standard InChI is InChI=1S/C19H14F2N2O2/c20-15-5-3-4-13(10-15)11-23-12-14(8-9-18(23)24)19(25)22-17-7-2-1-6-16(17)21/h1-10,12H,11H2,(H,22,25). The largest absolute Gasteiger partial charge is 0.319 e. The molecule has 4 nitrogen and oxygen atoms in total. The number of rotatable bonds is 4. The predicted molar refractivity (Wildman–Crippen MR) is 90.6 cm³/mol. The number of para-hydroxylation sites is 1. The summed E-state index contributed by atoms with van der Waals surface area (Å²) in [6.45, 7) is 0.122. The smallest absolute Gasteiger partial charge is 0.257 e. The minimum absolute atomic E-state index is 0.0513. The normalized spacial score (nSPS) is 10.5. The maximum Gasteiger partial charge on any atom is 0.257 e. The van der Waals surface area contributed by atoms with E-state index >= 15 is 0 Å². The maximum absolute atomic E-state index is 13.6. The Balaban J connectivity index is 1.85. The number of halogens is 2. The molecule has 0 aliphatic rings. The molecular weight excluding hydrogens is 326 g/mol. The molecule has 0 radical (unpaired) electrons. The second-order valence-corrected chi connectivity index (χ2v) is 5.45. The van der Waals surface area contributed by atoms with E-state index in [9.17, 15) is 18.4 Å². The van der Waals surface area contributed by atoms with Crippen molar-refractivity contribution in [3.8, 4) is 0 Å². The Bertz CT molecular complexity index is 983. The van der Waals surface area contributed by atoms with E-state index in [-0.39, 0.29) is 23.4 Å². The number of benzene rings is 2. The van der Waals surface area contributed by atoms with Crippen LogP contribution >= 0.6 is 0 Å². The van der Waals surface area contributed by atoms with E-state index in [0.717, 1.165) is 0 Å². The molecule has 0 spiro atoms. The second-order valence-electron chi connectivity index (χ2n) is 5.45. The molecule has 0 saturated heterocycles. The van der Waals surface area contributed by atoms with E-state index in [0.29, 0.717) is 5.56 Å². The number of aromatic nitrogens is 1. The van der Waals surface area contributed by atoms with Crippen LogP contribution in [0.4, 0.5) is 14.5 Å². The minimum atomic E-state index is -0.552. The molecular formula is C19H14F2N2O2. The highest BCUT2D eigenvalue weighted by molar-refractivity contribution is 6.04. The van der Waals surface area contributed by atoms with E-state index in [2.05, 4.69) is 5.32 Å². The van der Waals surface area contributed by atoms with Crippen LogP contribution in [0.25, 0.3) is 0 Å². The number of hydrogen-bond acceptors (Lipinski definition) is 2. The Morgan fingerprint density at radius 3 is 2.56 bits per heavy atom. The lowest BCUT2D eigenvalue weighted by molar-refractivity contribution is 0.102. The Labute approximate surface area is 142 Å². The summed E-state index contributed by atoms with van der Waals surface area (Å²) in [7, 11) is 0. The first-order valence-corrected chi connectivity index (χ1v) is 7.54. The van der Waals surface area contributed by atoms with Crippen LogP contribution in [-0.4, -0.2) is 10.5 Å². The fourth-order valence-corrected chi connectivity index (χ4v) is 2.38. The number of nitrogens with one attached hydrogen (secondary N) is 1. The first-order valence-electron chi connectivity index (χ1n) is 7.54. The lowest BCUT2D eigenvalue weighted by atomic mass is 10.2. The third-order valence-electron chi connectivity index (χ3n) is 3.61. The molecule has 0 atom stereocenters. The zero-order chi connectivity index (χ0) is 17.8.